The third-order valence-electron chi connectivity index (χ3n) is 5.79. The zero-order chi connectivity index (χ0) is 22.2. The van der Waals surface area contributed by atoms with Crippen LogP contribution < -0.4 is 14.2 Å². The van der Waals surface area contributed by atoms with E-state index in [0.717, 1.165) is 33.3 Å². The molecule has 0 radical (unpaired) electrons. The number of carbonyl (C=O) groups excluding carboxylic acids is 1. The van der Waals surface area contributed by atoms with Crippen molar-refractivity contribution in [3.8, 4) is 17.2 Å². The van der Waals surface area contributed by atoms with Gasteiger partial charge >= 0.3 is 0 Å². The van der Waals surface area contributed by atoms with Gasteiger partial charge in [0.25, 0.3) is 0 Å². The average molecular weight is 425 g/mol. The number of carbonyl (C=O) groups is 1. The third-order valence-corrected chi connectivity index (χ3v) is 5.79. The van der Waals surface area contributed by atoms with Crippen molar-refractivity contribution < 1.29 is 19.0 Å². The Kier molecular flexibility index (Phi) is 4.94. The first kappa shape index (κ1) is 19.9. The van der Waals surface area contributed by atoms with Crippen molar-refractivity contribution in [3.05, 3.63) is 94.9 Å². The van der Waals surface area contributed by atoms with Crippen LogP contribution in [0.4, 0.5) is 0 Å². The lowest BCUT2D eigenvalue weighted by Crippen LogP contribution is -1.98. The van der Waals surface area contributed by atoms with E-state index >= 15 is 0 Å². The maximum Gasteiger partial charge on any atom is 0.231 e. The number of allylic oxidation sites excluding steroid dienone is 1. The molecule has 0 N–H and O–H groups in total. The highest BCUT2D eigenvalue weighted by Gasteiger charge is 2.30. The SMILES string of the molecule is COc1ccc2c(c1)c(/C=C1/Oc3c(ccc(OCc4ccccc4)c3C)C1=O)cn2C. The van der Waals surface area contributed by atoms with Crippen LogP contribution in [0.25, 0.3) is 17.0 Å². The van der Waals surface area contributed by atoms with Crippen LogP contribution in [-0.4, -0.2) is 17.5 Å². The minimum absolute atomic E-state index is 0.127. The molecule has 0 amide bonds. The number of hydrogen-bond acceptors (Lipinski definition) is 4. The molecule has 3 aromatic carbocycles. The average Bonchev–Trinajstić information content (AvgIpc) is 3.30. The number of hydrogen-bond donors (Lipinski definition) is 0. The molecule has 32 heavy (non-hydrogen) atoms. The number of ether oxygens (including phenoxy) is 3. The van der Waals surface area contributed by atoms with E-state index in [1.807, 2.05) is 79.3 Å². The summed E-state index contributed by atoms with van der Waals surface area (Å²) in [6.45, 7) is 2.37. The summed E-state index contributed by atoms with van der Waals surface area (Å²) in [4.78, 5) is 13.0. The van der Waals surface area contributed by atoms with Gasteiger partial charge in [0, 0.05) is 35.3 Å². The van der Waals surface area contributed by atoms with Crippen molar-refractivity contribution in [1.29, 1.82) is 0 Å². The Hall–Kier alpha value is -3.99. The molecule has 0 spiro atoms. The van der Waals surface area contributed by atoms with Crippen molar-refractivity contribution in [3.63, 3.8) is 0 Å². The van der Waals surface area contributed by atoms with Gasteiger partial charge in [-0.15, -0.1) is 0 Å². The Morgan fingerprint density at radius 3 is 2.66 bits per heavy atom. The maximum atomic E-state index is 13.0. The monoisotopic (exact) mass is 425 g/mol. The van der Waals surface area contributed by atoms with E-state index in [0.29, 0.717) is 29.4 Å². The summed E-state index contributed by atoms with van der Waals surface area (Å²) >= 11 is 0. The van der Waals surface area contributed by atoms with Crippen molar-refractivity contribution >= 4 is 22.8 Å². The summed E-state index contributed by atoms with van der Waals surface area (Å²) in [5, 5.41) is 0.996. The van der Waals surface area contributed by atoms with E-state index in [9.17, 15) is 4.79 Å². The third kappa shape index (κ3) is 3.42. The lowest BCUT2D eigenvalue weighted by molar-refractivity contribution is 0.101. The fraction of sp³-hybridized carbons (Fsp3) is 0.148. The highest BCUT2D eigenvalue weighted by Crippen LogP contribution is 2.40. The minimum atomic E-state index is -0.127. The number of benzene rings is 3. The van der Waals surface area contributed by atoms with E-state index in [2.05, 4.69) is 0 Å². The summed E-state index contributed by atoms with van der Waals surface area (Å²) in [7, 11) is 3.62. The molecule has 0 saturated heterocycles. The molecule has 5 nitrogen and oxygen atoms in total. The van der Waals surface area contributed by atoms with E-state index in [4.69, 9.17) is 14.2 Å². The van der Waals surface area contributed by atoms with Gasteiger partial charge in [-0.1, -0.05) is 30.3 Å². The second kappa shape index (κ2) is 7.93. The topological polar surface area (TPSA) is 49.7 Å². The van der Waals surface area contributed by atoms with Crippen molar-refractivity contribution in [2.75, 3.05) is 7.11 Å². The Morgan fingerprint density at radius 1 is 1.06 bits per heavy atom. The van der Waals surface area contributed by atoms with E-state index in [1.165, 1.54) is 0 Å². The Morgan fingerprint density at radius 2 is 1.88 bits per heavy atom. The molecular formula is C27H23NO4. The van der Waals surface area contributed by atoms with Crippen LogP contribution >= 0.6 is 0 Å². The first-order valence-electron chi connectivity index (χ1n) is 10.4. The maximum absolute atomic E-state index is 13.0. The Bertz CT molecular complexity index is 1370. The quantitative estimate of drug-likeness (QED) is 0.386. The van der Waals surface area contributed by atoms with Gasteiger partial charge in [-0.3, -0.25) is 4.79 Å². The van der Waals surface area contributed by atoms with Gasteiger partial charge in [-0.25, -0.2) is 0 Å². The van der Waals surface area contributed by atoms with Crippen LogP contribution in [0, 0.1) is 6.92 Å². The number of rotatable bonds is 5. The summed E-state index contributed by atoms with van der Waals surface area (Å²) in [6, 6.07) is 19.5. The Balaban J connectivity index is 1.46. The molecule has 1 aromatic heterocycles. The number of methoxy groups -OCH3 is 1. The molecule has 0 atom stereocenters. The van der Waals surface area contributed by atoms with Gasteiger partial charge in [0.2, 0.25) is 5.78 Å². The molecule has 1 aliphatic rings. The number of aromatic nitrogens is 1. The standard InChI is InChI=1S/C27H23NO4/c1-17-24(31-16-18-7-5-4-6-8-18)12-10-21-26(29)25(32-27(17)21)13-19-15-28(2)23-11-9-20(30-3)14-22(19)23/h4-15H,16H2,1-3H3/b25-13+. The smallest absolute Gasteiger partial charge is 0.231 e. The van der Waals surface area contributed by atoms with E-state index in [1.54, 1.807) is 19.3 Å². The molecule has 0 fully saturated rings. The summed E-state index contributed by atoms with van der Waals surface area (Å²) in [6.07, 6.45) is 3.78. The van der Waals surface area contributed by atoms with Crippen LogP contribution in [0.15, 0.2) is 72.6 Å². The van der Waals surface area contributed by atoms with Gasteiger partial charge in [0.1, 0.15) is 23.9 Å². The fourth-order valence-corrected chi connectivity index (χ4v) is 4.04. The second-order valence-corrected chi connectivity index (χ2v) is 7.86. The molecule has 0 bridgehead atoms. The highest BCUT2D eigenvalue weighted by molar-refractivity contribution is 6.15. The molecule has 0 saturated carbocycles. The molecule has 0 aliphatic carbocycles. The molecule has 1 aliphatic heterocycles. The van der Waals surface area contributed by atoms with E-state index in [-0.39, 0.29) is 5.78 Å². The van der Waals surface area contributed by atoms with Crippen LogP contribution in [0.3, 0.4) is 0 Å². The van der Waals surface area contributed by atoms with Crippen molar-refractivity contribution in [2.45, 2.75) is 13.5 Å². The molecule has 4 aromatic rings. The van der Waals surface area contributed by atoms with Crippen molar-refractivity contribution in [1.82, 2.24) is 4.57 Å². The highest BCUT2D eigenvalue weighted by atomic mass is 16.5. The number of ketones is 1. The van der Waals surface area contributed by atoms with Crippen LogP contribution in [0.5, 0.6) is 17.2 Å². The van der Waals surface area contributed by atoms with Gasteiger partial charge in [0.05, 0.1) is 12.7 Å². The molecule has 0 unspecified atom stereocenters. The summed E-state index contributed by atoms with van der Waals surface area (Å²) < 4.78 is 19.4. The van der Waals surface area contributed by atoms with Gasteiger partial charge in [0.15, 0.2) is 5.76 Å². The van der Waals surface area contributed by atoms with Gasteiger partial charge < -0.3 is 18.8 Å². The molecule has 5 heteroatoms. The van der Waals surface area contributed by atoms with Gasteiger partial charge in [-0.2, -0.15) is 0 Å². The lowest BCUT2D eigenvalue weighted by atomic mass is 10.1. The predicted molar refractivity (Wildman–Crippen MR) is 124 cm³/mol. The van der Waals surface area contributed by atoms with E-state index < -0.39 is 0 Å². The number of aryl methyl sites for hydroxylation is 1. The van der Waals surface area contributed by atoms with Crippen LogP contribution in [0.1, 0.15) is 27.0 Å². The molecule has 5 rings (SSSR count). The lowest BCUT2D eigenvalue weighted by Gasteiger charge is -2.11. The molecular weight excluding hydrogens is 402 g/mol. The second-order valence-electron chi connectivity index (χ2n) is 7.86. The zero-order valence-electron chi connectivity index (χ0n) is 18.2. The first-order valence-corrected chi connectivity index (χ1v) is 10.4. The molecule has 160 valence electrons. The normalized spacial score (nSPS) is 14.0. The minimum Gasteiger partial charge on any atom is -0.497 e. The van der Waals surface area contributed by atoms with Crippen molar-refractivity contribution in [2.24, 2.45) is 7.05 Å². The number of fused-ring (bicyclic) bond motifs is 2. The Labute approximate surface area is 186 Å². The largest absolute Gasteiger partial charge is 0.497 e. The summed E-state index contributed by atoms with van der Waals surface area (Å²) in [5.74, 6) is 2.21. The first-order chi connectivity index (χ1) is 15.5. The zero-order valence-corrected chi connectivity index (χ0v) is 18.2. The predicted octanol–water partition coefficient (Wildman–Crippen LogP) is 5.69. The van der Waals surface area contributed by atoms with Gasteiger partial charge in [-0.05, 0) is 48.9 Å². The number of nitrogens with zero attached hydrogens (tertiary/aromatic N) is 1. The molecule has 2 heterocycles. The summed E-state index contributed by atoms with van der Waals surface area (Å²) in [5.41, 5.74) is 4.40. The number of Topliss-reactive ketones (excluding diaryl/α,β-unsaturated/α-hetero) is 1. The van der Waals surface area contributed by atoms with Crippen LogP contribution in [-0.2, 0) is 13.7 Å². The fourth-order valence-electron chi connectivity index (χ4n) is 4.04. The van der Waals surface area contributed by atoms with Crippen LogP contribution in [0.2, 0.25) is 0 Å².